The van der Waals surface area contributed by atoms with Crippen molar-refractivity contribution in [3.05, 3.63) is 47.4 Å². The number of aromatic nitrogens is 2. The number of nitrogens with one attached hydrogen (secondary N) is 1. The summed E-state index contributed by atoms with van der Waals surface area (Å²) in [6.07, 6.45) is 1.96. The fourth-order valence-corrected chi connectivity index (χ4v) is 2.67. The van der Waals surface area contributed by atoms with Gasteiger partial charge in [0.15, 0.2) is 0 Å². The molecule has 0 aliphatic carbocycles. The molecule has 0 bridgehead atoms. The summed E-state index contributed by atoms with van der Waals surface area (Å²) in [6.45, 7) is 6.88. The van der Waals surface area contributed by atoms with Crippen LogP contribution >= 0.6 is 0 Å². The summed E-state index contributed by atoms with van der Waals surface area (Å²) in [4.78, 5) is 6.85. The predicted octanol–water partition coefficient (Wildman–Crippen LogP) is 1.52. The molecular formula is C16H19N5. The third-order valence-electron chi connectivity index (χ3n) is 3.90. The van der Waals surface area contributed by atoms with E-state index in [0.29, 0.717) is 5.56 Å². The molecule has 2 heterocycles. The van der Waals surface area contributed by atoms with Gasteiger partial charge in [0.25, 0.3) is 0 Å². The maximum absolute atomic E-state index is 8.87. The van der Waals surface area contributed by atoms with Crippen LogP contribution in [0.3, 0.4) is 0 Å². The molecule has 0 unspecified atom stereocenters. The molecule has 0 saturated carbocycles. The van der Waals surface area contributed by atoms with Crippen LogP contribution in [-0.4, -0.2) is 35.7 Å². The third kappa shape index (κ3) is 2.91. The van der Waals surface area contributed by atoms with E-state index in [1.807, 2.05) is 37.4 Å². The van der Waals surface area contributed by atoms with Crippen LogP contribution in [0.4, 0.5) is 5.82 Å². The molecule has 0 spiro atoms. The van der Waals surface area contributed by atoms with E-state index in [-0.39, 0.29) is 0 Å². The summed E-state index contributed by atoms with van der Waals surface area (Å²) in [5.41, 5.74) is 1.88. The minimum atomic E-state index is 0.698. The summed E-state index contributed by atoms with van der Waals surface area (Å²) < 4.78 is 2.24. The van der Waals surface area contributed by atoms with E-state index in [2.05, 4.69) is 25.8 Å². The molecule has 1 fully saturated rings. The molecule has 2 aromatic rings. The highest BCUT2D eigenvalue weighted by Crippen LogP contribution is 2.19. The van der Waals surface area contributed by atoms with E-state index in [4.69, 9.17) is 5.26 Å². The fraction of sp³-hybridized carbons (Fsp3) is 0.375. The molecule has 1 aromatic heterocycles. The van der Waals surface area contributed by atoms with Crippen LogP contribution < -0.4 is 10.2 Å². The average Bonchev–Trinajstić information content (AvgIpc) is 2.90. The Bertz CT molecular complexity index is 644. The lowest BCUT2D eigenvalue weighted by molar-refractivity contribution is 0.573. The summed E-state index contributed by atoms with van der Waals surface area (Å²) in [5, 5.41) is 12.2. The van der Waals surface area contributed by atoms with Gasteiger partial charge < -0.3 is 14.8 Å². The molecule has 108 valence electrons. The average molecular weight is 281 g/mol. The zero-order chi connectivity index (χ0) is 14.7. The standard InChI is InChI=1S/C16H19N5/c1-13-19-11-16(20-8-6-18-7-9-20)21(13)12-15-4-2-14(10-17)3-5-15/h2-5,11,18H,6-9,12H2,1H3. The number of aryl methyl sites for hydroxylation is 1. The number of rotatable bonds is 3. The highest BCUT2D eigenvalue weighted by Gasteiger charge is 2.16. The van der Waals surface area contributed by atoms with Crippen molar-refractivity contribution in [3.63, 3.8) is 0 Å². The summed E-state index contributed by atoms with van der Waals surface area (Å²) in [5.74, 6) is 2.20. The van der Waals surface area contributed by atoms with Crippen molar-refractivity contribution in [2.75, 3.05) is 31.1 Å². The first kappa shape index (κ1) is 13.7. The molecular weight excluding hydrogens is 262 g/mol. The van der Waals surface area contributed by atoms with Crippen LogP contribution in [0.15, 0.2) is 30.5 Å². The van der Waals surface area contributed by atoms with Crippen LogP contribution in [0.2, 0.25) is 0 Å². The number of imidazole rings is 1. The zero-order valence-electron chi connectivity index (χ0n) is 12.2. The van der Waals surface area contributed by atoms with Crippen LogP contribution in [0.5, 0.6) is 0 Å². The Morgan fingerprint density at radius 3 is 2.62 bits per heavy atom. The molecule has 1 aliphatic rings. The first-order valence-electron chi connectivity index (χ1n) is 7.25. The number of hydrogen-bond acceptors (Lipinski definition) is 4. The summed E-state index contributed by atoms with van der Waals surface area (Å²) >= 11 is 0. The van der Waals surface area contributed by atoms with Crippen LogP contribution in [0.1, 0.15) is 17.0 Å². The highest BCUT2D eigenvalue weighted by molar-refractivity contribution is 5.41. The van der Waals surface area contributed by atoms with Crippen molar-refractivity contribution in [1.82, 2.24) is 14.9 Å². The lowest BCUT2D eigenvalue weighted by atomic mass is 10.1. The maximum Gasteiger partial charge on any atom is 0.129 e. The van der Waals surface area contributed by atoms with Crippen LogP contribution in [0, 0.1) is 18.3 Å². The number of benzene rings is 1. The third-order valence-corrected chi connectivity index (χ3v) is 3.90. The van der Waals surface area contributed by atoms with Gasteiger partial charge in [-0.1, -0.05) is 12.1 Å². The van der Waals surface area contributed by atoms with Gasteiger partial charge in [0.05, 0.1) is 24.4 Å². The number of nitriles is 1. The molecule has 5 heteroatoms. The maximum atomic E-state index is 8.87. The molecule has 0 radical (unpaired) electrons. The minimum Gasteiger partial charge on any atom is -0.354 e. The summed E-state index contributed by atoms with van der Waals surface area (Å²) in [6, 6.07) is 9.91. The van der Waals surface area contributed by atoms with E-state index in [1.54, 1.807) is 0 Å². The Hall–Kier alpha value is -2.32. The molecule has 21 heavy (non-hydrogen) atoms. The van der Waals surface area contributed by atoms with Crippen molar-refractivity contribution in [2.24, 2.45) is 0 Å². The second-order valence-corrected chi connectivity index (χ2v) is 5.30. The van der Waals surface area contributed by atoms with Gasteiger partial charge >= 0.3 is 0 Å². The van der Waals surface area contributed by atoms with E-state index in [1.165, 1.54) is 11.4 Å². The number of nitrogens with zero attached hydrogens (tertiary/aromatic N) is 4. The Morgan fingerprint density at radius 1 is 1.24 bits per heavy atom. The Kier molecular flexibility index (Phi) is 3.89. The number of anilines is 1. The molecule has 0 atom stereocenters. The normalized spacial score (nSPS) is 15.0. The monoisotopic (exact) mass is 281 g/mol. The van der Waals surface area contributed by atoms with Crippen molar-refractivity contribution in [2.45, 2.75) is 13.5 Å². The predicted molar refractivity (Wildman–Crippen MR) is 82.3 cm³/mol. The first-order chi connectivity index (χ1) is 10.3. The first-order valence-corrected chi connectivity index (χ1v) is 7.25. The molecule has 1 aromatic carbocycles. The smallest absolute Gasteiger partial charge is 0.129 e. The van der Waals surface area contributed by atoms with Gasteiger partial charge in [0.1, 0.15) is 11.6 Å². The largest absolute Gasteiger partial charge is 0.354 e. The van der Waals surface area contributed by atoms with Crippen molar-refractivity contribution >= 4 is 5.82 Å². The molecule has 5 nitrogen and oxygen atoms in total. The summed E-state index contributed by atoms with van der Waals surface area (Å²) in [7, 11) is 0. The Labute approximate surface area is 124 Å². The van der Waals surface area contributed by atoms with Crippen molar-refractivity contribution in [3.8, 4) is 6.07 Å². The molecule has 3 rings (SSSR count). The second-order valence-electron chi connectivity index (χ2n) is 5.30. The molecule has 1 N–H and O–H groups in total. The van der Waals surface area contributed by atoms with E-state index >= 15 is 0 Å². The Morgan fingerprint density at radius 2 is 1.95 bits per heavy atom. The van der Waals surface area contributed by atoms with Gasteiger partial charge in [-0.3, -0.25) is 0 Å². The Balaban J connectivity index is 1.84. The topological polar surface area (TPSA) is 56.9 Å². The van der Waals surface area contributed by atoms with Gasteiger partial charge in [-0.2, -0.15) is 5.26 Å². The van der Waals surface area contributed by atoms with Crippen LogP contribution in [0.25, 0.3) is 0 Å². The number of piperazine rings is 1. The second kappa shape index (κ2) is 5.98. The van der Waals surface area contributed by atoms with E-state index < -0.39 is 0 Å². The lowest BCUT2D eigenvalue weighted by Crippen LogP contribution is -2.44. The van der Waals surface area contributed by atoms with E-state index in [9.17, 15) is 0 Å². The molecule has 0 amide bonds. The van der Waals surface area contributed by atoms with Gasteiger partial charge in [-0.25, -0.2) is 4.98 Å². The molecule has 1 saturated heterocycles. The fourth-order valence-electron chi connectivity index (χ4n) is 2.67. The van der Waals surface area contributed by atoms with Gasteiger partial charge in [-0.05, 0) is 24.6 Å². The van der Waals surface area contributed by atoms with Gasteiger partial charge in [0.2, 0.25) is 0 Å². The zero-order valence-corrected chi connectivity index (χ0v) is 12.2. The number of hydrogen-bond donors (Lipinski definition) is 1. The van der Waals surface area contributed by atoms with Gasteiger partial charge in [-0.15, -0.1) is 0 Å². The van der Waals surface area contributed by atoms with Crippen molar-refractivity contribution < 1.29 is 0 Å². The quantitative estimate of drug-likeness (QED) is 0.927. The SMILES string of the molecule is Cc1ncc(N2CCNCC2)n1Cc1ccc(C#N)cc1. The lowest BCUT2D eigenvalue weighted by Gasteiger charge is -2.30. The van der Waals surface area contributed by atoms with Gasteiger partial charge in [0, 0.05) is 26.2 Å². The van der Waals surface area contributed by atoms with E-state index in [0.717, 1.165) is 38.5 Å². The van der Waals surface area contributed by atoms with Crippen molar-refractivity contribution in [1.29, 1.82) is 5.26 Å². The highest BCUT2D eigenvalue weighted by atomic mass is 15.3. The van der Waals surface area contributed by atoms with Crippen LogP contribution in [-0.2, 0) is 6.54 Å². The molecule has 1 aliphatic heterocycles. The minimum absolute atomic E-state index is 0.698.